The standard InChI is InChI=1S/C29H38FN3O4/c1-7-10-32-11-12-37-26-20(29(4,5)6)13-18(14-21(26)32)22(34)17-33-16-19-15-23(35-8-2)27(36-9-3)25(30)24(19)28(33)31/h13-15,31H,7-12,16-17H2,1-6H3. The van der Waals surface area contributed by atoms with Crippen LogP contribution in [-0.2, 0) is 12.0 Å². The monoisotopic (exact) mass is 511 g/mol. The van der Waals surface area contributed by atoms with Crippen molar-refractivity contribution in [2.75, 3.05) is 44.4 Å². The molecule has 0 aromatic heterocycles. The fraction of sp³-hybridized carbons (Fsp3) is 0.517. The maximum absolute atomic E-state index is 15.4. The predicted molar refractivity (Wildman–Crippen MR) is 143 cm³/mol. The Labute approximate surface area is 219 Å². The van der Waals surface area contributed by atoms with Gasteiger partial charge in [0.25, 0.3) is 0 Å². The van der Waals surface area contributed by atoms with Crippen molar-refractivity contribution in [2.45, 2.75) is 59.9 Å². The third kappa shape index (κ3) is 5.11. The summed E-state index contributed by atoms with van der Waals surface area (Å²) < 4.78 is 32.7. The van der Waals surface area contributed by atoms with E-state index < -0.39 is 5.82 Å². The minimum absolute atomic E-state index is 0.0153. The zero-order valence-corrected chi connectivity index (χ0v) is 22.8. The Bertz CT molecular complexity index is 1200. The molecule has 4 rings (SSSR count). The smallest absolute Gasteiger partial charge is 0.197 e. The minimum Gasteiger partial charge on any atom is -0.490 e. The van der Waals surface area contributed by atoms with E-state index >= 15 is 4.39 Å². The molecule has 0 saturated heterocycles. The molecule has 0 atom stereocenters. The molecule has 0 amide bonds. The van der Waals surface area contributed by atoms with E-state index in [9.17, 15) is 4.79 Å². The molecule has 0 unspecified atom stereocenters. The van der Waals surface area contributed by atoms with E-state index in [2.05, 4.69) is 32.6 Å². The molecule has 0 aliphatic carbocycles. The molecule has 7 nitrogen and oxygen atoms in total. The maximum atomic E-state index is 15.4. The van der Waals surface area contributed by atoms with Gasteiger partial charge < -0.3 is 24.0 Å². The zero-order chi connectivity index (χ0) is 26.9. The Kier molecular flexibility index (Phi) is 7.67. The molecule has 0 radical (unpaired) electrons. The normalized spacial score (nSPS) is 14.8. The van der Waals surface area contributed by atoms with Crippen molar-refractivity contribution in [3.05, 3.63) is 46.3 Å². The molecule has 1 N–H and O–H groups in total. The molecule has 37 heavy (non-hydrogen) atoms. The number of carbonyl (C=O) groups is 1. The van der Waals surface area contributed by atoms with Gasteiger partial charge in [0.05, 0.1) is 37.6 Å². The quantitative estimate of drug-likeness (QED) is 0.445. The Morgan fingerprint density at radius 1 is 1.11 bits per heavy atom. The predicted octanol–water partition coefficient (Wildman–Crippen LogP) is 5.55. The largest absolute Gasteiger partial charge is 0.490 e. The number of rotatable bonds is 9. The minimum atomic E-state index is -0.612. The van der Waals surface area contributed by atoms with Gasteiger partial charge in [-0.25, -0.2) is 4.39 Å². The van der Waals surface area contributed by atoms with Crippen LogP contribution in [0.15, 0.2) is 18.2 Å². The van der Waals surface area contributed by atoms with Gasteiger partial charge in [0.15, 0.2) is 23.1 Å². The number of anilines is 1. The van der Waals surface area contributed by atoms with Crippen LogP contribution in [0.2, 0.25) is 0 Å². The van der Waals surface area contributed by atoms with E-state index in [1.165, 1.54) is 0 Å². The lowest BCUT2D eigenvalue weighted by Crippen LogP contribution is -2.35. The Hall–Kier alpha value is -3.29. The number of amidine groups is 1. The molecule has 8 heteroatoms. The third-order valence-corrected chi connectivity index (χ3v) is 6.75. The topological polar surface area (TPSA) is 75.1 Å². The van der Waals surface area contributed by atoms with Crippen LogP contribution >= 0.6 is 0 Å². The molecular weight excluding hydrogens is 473 g/mol. The number of benzene rings is 2. The number of fused-ring (bicyclic) bond motifs is 2. The molecule has 0 spiro atoms. The summed E-state index contributed by atoms with van der Waals surface area (Å²) in [6, 6.07) is 5.56. The highest BCUT2D eigenvalue weighted by Crippen LogP contribution is 2.43. The average molecular weight is 512 g/mol. The van der Waals surface area contributed by atoms with Gasteiger partial charge in [-0.15, -0.1) is 0 Å². The Balaban J connectivity index is 1.66. The number of halogens is 1. The van der Waals surface area contributed by atoms with Crippen molar-refractivity contribution < 1.29 is 23.4 Å². The molecular formula is C29H38FN3O4. The van der Waals surface area contributed by atoms with Crippen molar-refractivity contribution in [3.8, 4) is 17.2 Å². The van der Waals surface area contributed by atoms with Gasteiger partial charge >= 0.3 is 0 Å². The van der Waals surface area contributed by atoms with Gasteiger partial charge in [-0.1, -0.05) is 27.7 Å². The third-order valence-electron chi connectivity index (χ3n) is 6.75. The number of ether oxygens (including phenoxy) is 3. The first-order valence-corrected chi connectivity index (χ1v) is 13.1. The Morgan fingerprint density at radius 2 is 1.84 bits per heavy atom. The van der Waals surface area contributed by atoms with Crippen LogP contribution in [0.4, 0.5) is 10.1 Å². The first-order valence-electron chi connectivity index (χ1n) is 13.1. The number of Topliss-reactive ketones (excluding diaryl/α,β-unsaturated/α-hetero) is 1. The number of hydrogen-bond donors (Lipinski definition) is 1. The lowest BCUT2D eigenvalue weighted by Gasteiger charge is -2.35. The molecule has 2 heterocycles. The van der Waals surface area contributed by atoms with Crippen LogP contribution in [0.5, 0.6) is 17.2 Å². The second-order valence-corrected chi connectivity index (χ2v) is 10.5. The molecule has 0 saturated carbocycles. The maximum Gasteiger partial charge on any atom is 0.197 e. The summed E-state index contributed by atoms with van der Waals surface area (Å²) in [4.78, 5) is 17.5. The molecule has 2 aromatic carbocycles. The van der Waals surface area contributed by atoms with Gasteiger partial charge in [-0.3, -0.25) is 10.2 Å². The molecule has 2 aromatic rings. The highest BCUT2D eigenvalue weighted by atomic mass is 19.1. The molecule has 2 aliphatic heterocycles. The van der Waals surface area contributed by atoms with Crippen molar-refractivity contribution in [1.82, 2.24) is 4.90 Å². The van der Waals surface area contributed by atoms with E-state index in [-0.39, 0.29) is 48.0 Å². The first-order chi connectivity index (χ1) is 17.6. The van der Waals surface area contributed by atoms with Crippen LogP contribution in [0, 0.1) is 11.2 Å². The number of carbonyl (C=O) groups excluding carboxylic acids is 1. The highest BCUT2D eigenvalue weighted by molar-refractivity contribution is 6.06. The number of nitrogens with zero attached hydrogens (tertiary/aromatic N) is 2. The molecule has 0 fully saturated rings. The van der Waals surface area contributed by atoms with Crippen molar-refractivity contribution in [1.29, 1.82) is 5.41 Å². The van der Waals surface area contributed by atoms with Crippen molar-refractivity contribution in [2.24, 2.45) is 0 Å². The van der Waals surface area contributed by atoms with Crippen LogP contribution in [0.25, 0.3) is 0 Å². The lowest BCUT2D eigenvalue weighted by atomic mass is 9.84. The first kappa shape index (κ1) is 26.8. The summed E-state index contributed by atoms with van der Waals surface area (Å²) in [5.74, 6) is 0.430. The van der Waals surface area contributed by atoms with E-state index in [1.807, 2.05) is 19.1 Å². The van der Waals surface area contributed by atoms with Gasteiger partial charge in [0, 0.05) is 24.2 Å². The van der Waals surface area contributed by atoms with Crippen LogP contribution in [0.1, 0.15) is 75.0 Å². The van der Waals surface area contributed by atoms with Gasteiger partial charge in [0.1, 0.15) is 18.2 Å². The van der Waals surface area contributed by atoms with E-state index in [1.54, 1.807) is 17.9 Å². The molecule has 200 valence electrons. The highest BCUT2D eigenvalue weighted by Gasteiger charge is 2.34. The fourth-order valence-electron chi connectivity index (χ4n) is 5.02. The summed E-state index contributed by atoms with van der Waals surface area (Å²) >= 11 is 0. The van der Waals surface area contributed by atoms with E-state index in [4.69, 9.17) is 19.6 Å². The van der Waals surface area contributed by atoms with Crippen LogP contribution in [-0.4, -0.2) is 56.0 Å². The fourth-order valence-corrected chi connectivity index (χ4v) is 5.02. The average Bonchev–Trinajstić information content (AvgIpc) is 3.15. The number of ketones is 1. The van der Waals surface area contributed by atoms with Crippen LogP contribution in [0.3, 0.4) is 0 Å². The summed E-state index contributed by atoms with van der Waals surface area (Å²) in [6.07, 6.45) is 0.991. The summed E-state index contributed by atoms with van der Waals surface area (Å²) in [5, 5.41) is 8.67. The van der Waals surface area contributed by atoms with E-state index in [0.717, 1.165) is 36.5 Å². The van der Waals surface area contributed by atoms with Crippen LogP contribution < -0.4 is 19.1 Å². The number of hydrogen-bond acceptors (Lipinski definition) is 6. The molecule has 2 aliphatic rings. The van der Waals surface area contributed by atoms with Crippen molar-refractivity contribution >= 4 is 17.3 Å². The van der Waals surface area contributed by atoms with E-state index in [0.29, 0.717) is 30.1 Å². The Morgan fingerprint density at radius 3 is 2.49 bits per heavy atom. The second-order valence-electron chi connectivity index (χ2n) is 10.5. The zero-order valence-electron chi connectivity index (χ0n) is 22.8. The van der Waals surface area contributed by atoms with Gasteiger partial charge in [-0.05, 0) is 49.4 Å². The summed E-state index contributed by atoms with van der Waals surface area (Å²) in [5.41, 5.74) is 3.07. The van der Waals surface area contributed by atoms with Gasteiger partial charge in [-0.2, -0.15) is 0 Å². The summed E-state index contributed by atoms with van der Waals surface area (Å²) in [7, 11) is 0. The lowest BCUT2D eigenvalue weighted by molar-refractivity contribution is 0.0962. The SMILES string of the molecule is CCCN1CCOc2c1cc(C(=O)CN1Cc3cc(OCC)c(OCC)c(F)c3C1=N)cc2C(C)(C)C. The second kappa shape index (κ2) is 10.6. The van der Waals surface area contributed by atoms with Gasteiger partial charge in [0.2, 0.25) is 0 Å². The van der Waals surface area contributed by atoms with Crippen molar-refractivity contribution in [3.63, 3.8) is 0 Å². The number of nitrogens with one attached hydrogen (secondary N) is 1. The summed E-state index contributed by atoms with van der Waals surface area (Å²) in [6.45, 7) is 15.2. The molecule has 0 bridgehead atoms.